The lowest BCUT2D eigenvalue weighted by molar-refractivity contribution is -0.136. The molecular formula is C13H10BrFN2O2S. The number of anilines is 1. The van der Waals surface area contributed by atoms with E-state index in [9.17, 15) is 14.0 Å². The molecule has 0 unspecified atom stereocenters. The Kier molecular flexibility index (Phi) is 4.86. The monoisotopic (exact) mass is 356 g/mol. The first kappa shape index (κ1) is 14.7. The molecule has 4 nitrogen and oxygen atoms in total. The van der Waals surface area contributed by atoms with Crippen molar-refractivity contribution in [3.05, 3.63) is 50.9 Å². The lowest BCUT2D eigenvalue weighted by Crippen LogP contribution is -2.35. The molecule has 0 saturated heterocycles. The molecule has 0 saturated carbocycles. The van der Waals surface area contributed by atoms with E-state index in [1.165, 1.54) is 23.5 Å². The Morgan fingerprint density at radius 3 is 2.70 bits per heavy atom. The molecule has 0 aliphatic heterocycles. The second-order valence-electron chi connectivity index (χ2n) is 3.84. The van der Waals surface area contributed by atoms with E-state index in [1.54, 1.807) is 6.07 Å². The van der Waals surface area contributed by atoms with Gasteiger partial charge in [-0.2, -0.15) is 0 Å². The zero-order valence-corrected chi connectivity index (χ0v) is 12.6. The number of halogens is 2. The molecule has 20 heavy (non-hydrogen) atoms. The first-order chi connectivity index (χ1) is 9.56. The number of rotatable bonds is 3. The number of nitrogens with one attached hydrogen (secondary N) is 2. The summed E-state index contributed by atoms with van der Waals surface area (Å²) in [5.41, 5.74) is -0.0375. The van der Waals surface area contributed by atoms with Gasteiger partial charge in [-0.15, -0.1) is 11.3 Å². The lowest BCUT2D eigenvalue weighted by atomic mass is 10.3. The summed E-state index contributed by atoms with van der Waals surface area (Å²) in [6, 6.07) is 7.85. The number of carbonyl (C=O) groups excluding carboxylic acids is 2. The largest absolute Gasteiger partial charge is 0.343 e. The fraction of sp³-hybridized carbons (Fsp3) is 0.0769. The van der Waals surface area contributed by atoms with Crippen molar-refractivity contribution in [3.8, 4) is 0 Å². The molecule has 0 fully saturated rings. The van der Waals surface area contributed by atoms with Gasteiger partial charge in [0.15, 0.2) is 0 Å². The van der Waals surface area contributed by atoms with Crippen molar-refractivity contribution < 1.29 is 14.0 Å². The Morgan fingerprint density at radius 1 is 1.25 bits per heavy atom. The predicted octanol–water partition coefficient (Wildman–Crippen LogP) is 2.90. The Balaban J connectivity index is 1.92. The number of carbonyl (C=O) groups is 2. The average molecular weight is 357 g/mol. The summed E-state index contributed by atoms with van der Waals surface area (Å²) in [6.45, 7) is 0.271. The molecule has 2 N–H and O–H groups in total. The average Bonchev–Trinajstić information content (AvgIpc) is 2.92. The zero-order valence-electron chi connectivity index (χ0n) is 10.2. The summed E-state index contributed by atoms with van der Waals surface area (Å²) in [7, 11) is 0. The van der Waals surface area contributed by atoms with E-state index in [0.29, 0.717) is 4.47 Å². The maximum Gasteiger partial charge on any atom is 0.313 e. The van der Waals surface area contributed by atoms with E-state index >= 15 is 0 Å². The van der Waals surface area contributed by atoms with Gasteiger partial charge in [0.2, 0.25) is 0 Å². The molecule has 0 radical (unpaired) electrons. The molecule has 1 aromatic carbocycles. The summed E-state index contributed by atoms with van der Waals surface area (Å²) in [4.78, 5) is 24.1. The molecule has 0 aliphatic rings. The van der Waals surface area contributed by atoms with Gasteiger partial charge >= 0.3 is 11.8 Å². The molecule has 1 aromatic heterocycles. The van der Waals surface area contributed by atoms with E-state index in [-0.39, 0.29) is 12.2 Å². The van der Waals surface area contributed by atoms with Gasteiger partial charge < -0.3 is 10.6 Å². The molecule has 1 heterocycles. The highest BCUT2D eigenvalue weighted by molar-refractivity contribution is 9.10. The summed E-state index contributed by atoms with van der Waals surface area (Å²) < 4.78 is 14.1. The van der Waals surface area contributed by atoms with Crippen molar-refractivity contribution in [2.45, 2.75) is 6.54 Å². The van der Waals surface area contributed by atoms with Crippen molar-refractivity contribution in [1.82, 2.24) is 5.32 Å². The fourth-order valence-electron chi connectivity index (χ4n) is 1.43. The molecule has 2 aromatic rings. The van der Waals surface area contributed by atoms with Crippen LogP contribution < -0.4 is 10.6 Å². The van der Waals surface area contributed by atoms with Crippen LogP contribution in [0.4, 0.5) is 10.1 Å². The van der Waals surface area contributed by atoms with Gasteiger partial charge in [0.05, 0.1) is 12.2 Å². The minimum absolute atomic E-state index is 0.0375. The van der Waals surface area contributed by atoms with Crippen LogP contribution in [0.3, 0.4) is 0 Å². The number of hydrogen-bond acceptors (Lipinski definition) is 3. The molecule has 0 spiro atoms. The normalized spacial score (nSPS) is 10.1. The third-order valence-electron chi connectivity index (χ3n) is 2.39. The van der Waals surface area contributed by atoms with Crippen molar-refractivity contribution >= 4 is 44.8 Å². The van der Waals surface area contributed by atoms with Gasteiger partial charge in [0, 0.05) is 9.35 Å². The SMILES string of the molecule is O=C(NCc1cccs1)C(=O)Nc1ccc(Br)cc1F. The maximum atomic E-state index is 13.5. The minimum atomic E-state index is -0.900. The number of hydrogen-bond donors (Lipinski definition) is 2. The third kappa shape index (κ3) is 3.88. The van der Waals surface area contributed by atoms with Crippen LogP contribution in [0, 0.1) is 5.82 Å². The molecule has 2 rings (SSSR count). The number of thiophene rings is 1. The van der Waals surface area contributed by atoms with E-state index in [0.717, 1.165) is 4.88 Å². The summed E-state index contributed by atoms with van der Waals surface area (Å²) in [5.74, 6) is -2.32. The van der Waals surface area contributed by atoms with E-state index in [1.807, 2.05) is 17.5 Å². The molecular weight excluding hydrogens is 347 g/mol. The van der Waals surface area contributed by atoms with Crippen LogP contribution in [0.15, 0.2) is 40.2 Å². The van der Waals surface area contributed by atoms with Gasteiger partial charge in [-0.05, 0) is 29.6 Å². The van der Waals surface area contributed by atoms with Crippen molar-refractivity contribution in [3.63, 3.8) is 0 Å². The third-order valence-corrected chi connectivity index (χ3v) is 3.76. The standard InChI is InChI=1S/C13H10BrFN2O2S/c14-8-3-4-11(10(15)6-8)17-13(19)12(18)16-7-9-2-1-5-20-9/h1-6H,7H2,(H,16,18)(H,17,19). The topological polar surface area (TPSA) is 58.2 Å². The highest BCUT2D eigenvalue weighted by atomic mass is 79.9. The molecule has 104 valence electrons. The smallest absolute Gasteiger partial charge is 0.313 e. The number of benzene rings is 1. The first-order valence-corrected chi connectivity index (χ1v) is 7.30. The molecule has 2 amide bonds. The highest BCUT2D eigenvalue weighted by Gasteiger charge is 2.15. The van der Waals surface area contributed by atoms with Crippen LogP contribution in [0.2, 0.25) is 0 Å². The highest BCUT2D eigenvalue weighted by Crippen LogP contribution is 2.19. The summed E-state index contributed by atoms with van der Waals surface area (Å²) >= 11 is 4.58. The van der Waals surface area contributed by atoms with E-state index in [4.69, 9.17) is 0 Å². The van der Waals surface area contributed by atoms with Gasteiger partial charge in [0.1, 0.15) is 5.82 Å². The Labute approximate surface area is 127 Å². The van der Waals surface area contributed by atoms with Crippen LogP contribution in [-0.2, 0) is 16.1 Å². The van der Waals surface area contributed by atoms with Crippen molar-refractivity contribution in [2.75, 3.05) is 5.32 Å². The predicted molar refractivity (Wildman–Crippen MR) is 78.9 cm³/mol. The van der Waals surface area contributed by atoms with Gasteiger partial charge in [0.25, 0.3) is 0 Å². The van der Waals surface area contributed by atoms with Crippen LogP contribution in [0.5, 0.6) is 0 Å². The quantitative estimate of drug-likeness (QED) is 0.830. The van der Waals surface area contributed by atoms with Crippen molar-refractivity contribution in [2.24, 2.45) is 0 Å². The van der Waals surface area contributed by atoms with Crippen LogP contribution in [0.1, 0.15) is 4.88 Å². The molecule has 0 atom stereocenters. The van der Waals surface area contributed by atoms with Crippen LogP contribution in [0.25, 0.3) is 0 Å². The van der Waals surface area contributed by atoms with E-state index in [2.05, 4.69) is 26.6 Å². The second-order valence-corrected chi connectivity index (χ2v) is 5.79. The van der Waals surface area contributed by atoms with Crippen LogP contribution in [-0.4, -0.2) is 11.8 Å². The zero-order chi connectivity index (χ0) is 14.5. The van der Waals surface area contributed by atoms with Crippen LogP contribution >= 0.6 is 27.3 Å². The lowest BCUT2D eigenvalue weighted by Gasteiger charge is -2.07. The molecule has 0 aliphatic carbocycles. The molecule has 0 bridgehead atoms. The summed E-state index contributed by atoms with van der Waals surface area (Å²) in [6.07, 6.45) is 0. The Bertz CT molecular complexity index is 631. The van der Waals surface area contributed by atoms with Gasteiger partial charge in [-0.25, -0.2) is 4.39 Å². The fourth-order valence-corrected chi connectivity index (χ4v) is 2.41. The first-order valence-electron chi connectivity index (χ1n) is 5.63. The van der Waals surface area contributed by atoms with Crippen molar-refractivity contribution in [1.29, 1.82) is 0 Å². The van der Waals surface area contributed by atoms with Gasteiger partial charge in [-0.1, -0.05) is 22.0 Å². The minimum Gasteiger partial charge on any atom is -0.343 e. The Hall–Kier alpha value is -1.73. The summed E-state index contributed by atoms with van der Waals surface area (Å²) in [5, 5.41) is 6.56. The molecule has 7 heteroatoms. The number of amides is 2. The van der Waals surface area contributed by atoms with E-state index < -0.39 is 17.6 Å². The Morgan fingerprint density at radius 2 is 2.05 bits per heavy atom. The second kappa shape index (κ2) is 6.62. The maximum absolute atomic E-state index is 13.5. The van der Waals surface area contributed by atoms with Gasteiger partial charge in [-0.3, -0.25) is 9.59 Å².